The van der Waals surface area contributed by atoms with Crippen LogP contribution < -0.4 is 5.32 Å². The van der Waals surface area contributed by atoms with Gasteiger partial charge in [0.2, 0.25) is 0 Å². The molecule has 70 valence electrons. The van der Waals surface area contributed by atoms with E-state index < -0.39 is 0 Å². The van der Waals surface area contributed by atoms with Crippen LogP contribution >= 0.6 is 22.5 Å². The van der Waals surface area contributed by atoms with Gasteiger partial charge in [-0.05, 0) is 13.3 Å². The highest BCUT2D eigenvalue weighted by Crippen LogP contribution is 2.13. The fourth-order valence-corrected chi connectivity index (χ4v) is 2.31. The molecule has 0 aromatic heterocycles. The van der Waals surface area contributed by atoms with Crippen molar-refractivity contribution in [3.8, 4) is 0 Å². The zero-order valence-electron chi connectivity index (χ0n) is 7.12. The van der Waals surface area contributed by atoms with Crippen LogP contribution in [0.2, 0.25) is 0 Å². The molecule has 1 saturated heterocycles. The Balaban J connectivity index is 2.42. The standard InChI is InChI=1S/C7H14N2OS2/c1-6(5-12-11)9-4-2-3-8-7(9)10/h6,11H,2-5H2,1H3,(H,8,10). The lowest BCUT2D eigenvalue weighted by Gasteiger charge is -2.32. The predicted octanol–water partition coefficient (Wildman–Crippen LogP) is 1.37. The third kappa shape index (κ3) is 2.48. The molecule has 12 heavy (non-hydrogen) atoms. The number of rotatable bonds is 3. The molecular weight excluding hydrogens is 192 g/mol. The van der Waals surface area contributed by atoms with Gasteiger partial charge in [0.1, 0.15) is 0 Å². The normalized spacial score (nSPS) is 20.5. The summed E-state index contributed by atoms with van der Waals surface area (Å²) >= 11 is 4.07. The maximum absolute atomic E-state index is 11.3. The SMILES string of the molecule is CC(CSS)N1CCCNC1=O. The Morgan fingerprint density at radius 2 is 2.58 bits per heavy atom. The molecule has 1 rings (SSSR count). The molecule has 1 fully saturated rings. The van der Waals surface area contributed by atoms with Gasteiger partial charge in [0.25, 0.3) is 0 Å². The molecular formula is C7H14N2OS2. The number of hydrogen-bond acceptors (Lipinski definition) is 3. The summed E-state index contributed by atoms with van der Waals surface area (Å²) < 4.78 is 0. The van der Waals surface area contributed by atoms with Gasteiger partial charge in [0.15, 0.2) is 0 Å². The van der Waals surface area contributed by atoms with Crippen molar-refractivity contribution in [1.29, 1.82) is 0 Å². The maximum Gasteiger partial charge on any atom is 0.317 e. The third-order valence-corrected chi connectivity index (χ3v) is 3.04. The van der Waals surface area contributed by atoms with Crippen molar-refractivity contribution in [2.24, 2.45) is 0 Å². The molecule has 0 aliphatic carbocycles. The number of amides is 2. The summed E-state index contributed by atoms with van der Waals surface area (Å²) in [5.74, 6) is 0.885. The van der Waals surface area contributed by atoms with E-state index in [1.54, 1.807) is 0 Å². The van der Waals surface area contributed by atoms with Gasteiger partial charge in [-0.15, -0.1) is 11.7 Å². The van der Waals surface area contributed by atoms with Gasteiger partial charge in [-0.1, -0.05) is 10.8 Å². The Morgan fingerprint density at radius 1 is 1.83 bits per heavy atom. The van der Waals surface area contributed by atoms with Crippen LogP contribution in [0.15, 0.2) is 0 Å². The predicted molar refractivity (Wildman–Crippen MR) is 55.6 cm³/mol. The average molecular weight is 206 g/mol. The first kappa shape index (κ1) is 10.1. The molecule has 5 heteroatoms. The van der Waals surface area contributed by atoms with Gasteiger partial charge in [-0.3, -0.25) is 0 Å². The largest absolute Gasteiger partial charge is 0.338 e. The van der Waals surface area contributed by atoms with Gasteiger partial charge in [0, 0.05) is 24.9 Å². The lowest BCUT2D eigenvalue weighted by molar-refractivity contribution is 0.172. The molecule has 1 N–H and O–H groups in total. The number of carbonyl (C=O) groups excluding carboxylic acids is 1. The summed E-state index contributed by atoms with van der Waals surface area (Å²) in [5.41, 5.74) is 0. The second-order valence-electron chi connectivity index (χ2n) is 2.92. The van der Waals surface area contributed by atoms with E-state index in [0.717, 1.165) is 25.3 Å². The molecule has 3 nitrogen and oxygen atoms in total. The van der Waals surface area contributed by atoms with E-state index in [1.165, 1.54) is 10.8 Å². The zero-order chi connectivity index (χ0) is 8.97. The number of thiol groups is 1. The van der Waals surface area contributed by atoms with Crippen LogP contribution in [0.25, 0.3) is 0 Å². The topological polar surface area (TPSA) is 32.3 Å². The van der Waals surface area contributed by atoms with Gasteiger partial charge < -0.3 is 10.2 Å². The molecule has 1 aliphatic heterocycles. The van der Waals surface area contributed by atoms with E-state index in [0.29, 0.717) is 0 Å². The summed E-state index contributed by atoms with van der Waals surface area (Å²) in [6.45, 7) is 3.74. The van der Waals surface area contributed by atoms with E-state index in [4.69, 9.17) is 0 Å². The van der Waals surface area contributed by atoms with Crippen LogP contribution in [-0.2, 0) is 0 Å². The van der Waals surface area contributed by atoms with E-state index in [2.05, 4.69) is 17.0 Å². The number of nitrogens with zero attached hydrogens (tertiary/aromatic N) is 1. The molecule has 0 aromatic rings. The van der Waals surface area contributed by atoms with Crippen molar-refractivity contribution in [3.63, 3.8) is 0 Å². The highest BCUT2D eigenvalue weighted by atomic mass is 33.1. The molecule has 1 heterocycles. The Kier molecular flexibility index (Phi) is 4.08. The Hall–Kier alpha value is -0.0300. The van der Waals surface area contributed by atoms with Gasteiger partial charge >= 0.3 is 6.03 Å². The van der Waals surface area contributed by atoms with E-state index in [9.17, 15) is 4.79 Å². The molecule has 0 saturated carbocycles. The summed E-state index contributed by atoms with van der Waals surface area (Å²) in [4.78, 5) is 13.2. The average Bonchev–Trinajstić information content (AvgIpc) is 2.05. The van der Waals surface area contributed by atoms with Gasteiger partial charge in [-0.2, -0.15) is 0 Å². The minimum absolute atomic E-state index is 0.0659. The molecule has 1 atom stereocenters. The van der Waals surface area contributed by atoms with Crippen LogP contribution in [0, 0.1) is 0 Å². The number of nitrogens with one attached hydrogen (secondary N) is 1. The van der Waals surface area contributed by atoms with Gasteiger partial charge in [-0.25, -0.2) is 4.79 Å². The van der Waals surface area contributed by atoms with Crippen molar-refractivity contribution >= 4 is 28.5 Å². The van der Waals surface area contributed by atoms with E-state index in [-0.39, 0.29) is 12.1 Å². The monoisotopic (exact) mass is 206 g/mol. The molecule has 0 spiro atoms. The lowest BCUT2D eigenvalue weighted by Crippen LogP contribution is -2.50. The van der Waals surface area contributed by atoms with Crippen molar-refractivity contribution < 1.29 is 4.79 Å². The molecule has 0 radical (unpaired) electrons. The maximum atomic E-state index is 11.3. The first-order valence-electron chi connectivity index (χ1n) is 4.06. The highest BCUT2D eigenvalue weighted by Gasteiger charge is 2.21. The van der Waals surface area contributed by atoms with Crippen molar-refractivity contribution in [2.45, 2.75) is 19.4 Å². The summed E-state index contributed by atoms with van der Waals surface area (Å²) in [6.07, 6.45) is 1.05. The van der Waals surface area contributed by atoms with Crippen molar-refractivity contribution in [2.75, 3.05) is 18.8 Å². The Morgan fingerprint density at radius 3 is 3.17 bits per heavy atom. The second kappa shape index (κ2) is 4.87. The zero-order valence-corrected chi connectivity index (χ0v) is 8.83. The highest BCUT2D eigenvalue weighted by molar-refractivity contribution is 8.68. The van der Waals surface area contributed by atoms with Gasteiger partial charge in [0.05, 0.1) is 0 Å². The number of urea groups is 1. The smallest absolute Gasteiger partial charge is 0.317 e. The number of hydrogen-bond donors (Lipinski definition) is 2. The minimum atomic E-state index is 0.0659. The van der Waals surface area contributed by atoms with E-state index >= 15 is 0 Å². The summed E-state index contributed by atoms with van der Waals surface area (Å²) in [5, 5.41) is 2.82. The summed E-state index contributed by atoms with van der Waals surface area (Å²) in [6, 6.07) is 0.351. The Labute approximate surface area is 82.1 Å². The van der Waals surface area contributed by atoms with Crippen LogP contribution in [0.1, 0.15) is 13.3 Å². The third-order valence-electron chi connectivity index (χ3n) is 1.96. The molecule has 0 aromatic carbocycles. The minimum Gasteiger partial charge on any atom is -0.338 e. The number of carbonyl (C=O) groups is 1. The molecule has 2 amide bonds. The fourth-order valence-electron chi connectivity index (χ4n) is 1.27. The first-order chi connectivity index (χ1) is 5.75. The quantitative estimate of drug-likeness (QED) is 0.540. The lowest BCUT2D eigenvalue weighted by atomic mass is 10.2. The second-order valence-corrected chi connectivity index (χ2v) is 4.29. The van der Waals surface area contributed by atoms with Crippen LogP contribution in [-0.4, -0.2) is 35.8 Å². The van der Waals surface area contributed by atoms with E-state index in [1.807, 2.05) is 11.8 Å². The molecule has 1 unspecified atom stereocenters. The van der Waals surface area contributed by atoms with Crippen molar-refractivity contribution in [3.05, 3.63) is 0 Å². The van der Waals surface area contributed by atoms with Crippen LogP contribution in [0.5, 0.6) is 0 Å². The molecule has 1 aliphatic rings. The van der Waals surface area contributed by atoms with Crippen LogP contribution in [0.4, 0.5) is 4.79 Å². The first-order valence-corrected chi connectivity index (χ1v) is 6.10. The Bertz CT molecular complexity index is 165. The fraction of sp³-hybridized carbons (Fsp3) is 0.857. The summed E-state index contributed by atoms with van der Waals surface area (Å²) in [7, 11) is 1.48. The molecule has 0 bridgehead atoms. The van der Waals surface area contributed by atoms with Crippen LogP contribution in [0.3, 0.4) is 0 Å². The van der Waals surface area contributed by atoms with Crippen molar-refractivity contribution in [1.82, 2.24) is 10.2 Å².